The molecule has 2 unspecified atom stereocenters. The molecule has 1 fully saturated rings. The lowest BCUT2D eigenvalue weighted by Crippen LogP contribution is -2.60. The third-order valence-corrected chi connectivity index (χ3v) is 3.95. The van der Waals surface area contributed by atoms with Crippen molar-refractivity contribution in [3.05, 3.63) is 0 Å². The maximum absolute atomic E-state index is 12.1. The lowest BCUT2D eigenvalue weighted by Gasteiger charge is -2.36. The number of amides is 2. The van der Waals surface area contributed by atoms with E-state index in [2.05, 4.69) is 5.32 Å². The number of nitrogens with one attached hydrogen (secondary N) is 1. The van der Waals surface area contributed by atoms with Gasteiger partial charge in [-0.1, -0.05) is 0 Å². The Kier molecular flexibility index (Phi) is 3.90. The number of carbonyl (C=O) groups is 2. The number of carbonyl (C=O) groups excluding carboxylic acids is 1. The van der Waals surface area contributed by atoms with Gasteiger partial charge in [0.05, 0.1) is 11.6 Å². The van der Waals surface area contributed by atoms with Gasteiger partial charge in [0.15, 0.2) is 0 Å². The molecular weight excluding hydrogens is 236 g/mol. The van der Waals surface area contributed by atoms with E-state index < -0.39 is 23.1 Å². The minimum atomic E-state index is -1.25. The SMILES string of the molecule is CC1OCCC1(C)NC(=O)N(C)C(C)(C)C(=O)O. The molecule has 0 aromatic heterocycles. The molecular formula is C12H22N2O4. The van der Waals surface area contributed by atoms with Crippen LogP contribution in [0.15, 0.2) is 0 Å². The fourth-order valence-electron chi connectivity index (χ4n) is 1.72. The van der Waals surface area contributed by atoms with Gasteiger partial charge in [0, 0.05) is 13.7 Å². The Hall–Kier alpha value is -1.30. The van der Waals surface area contributed by atoms with E-state index in [0.29, 0.717) is 6.61 Å². The molecule has 6 nitrogen and oxygen atoms in total. The van der Waals surface area contributed by atoms with Crippen LogP contribution in [-0.4, -0.2) is 52.8 Å². The van der Waals surface area contributed by atoms with E-state index in [-0.39, 0.29) is 6.10 Å². The molecule has 104 valence electrons. The topological polar surface area (TPSA) is 78.9 Å². The first kappa shape index (κ1) is 14.8. The van der Waals surface area contributed by atoms with Gasteiger partial charge in [0.25, 0.3) is 0 Å². The number of likely N-dealkylation sites (N-methyl/N-ethyl adjacent to an activating group) is 1. The first-order valence-corrected chi connectivity index (χ1v) is 6.02. The molecule has 1 saturated heterocycles. The van der Waals surface area contributed by atoms with Crippen LogP contribution in [0.1, 0.15) is 34.1 Å². The van der Waals surface area contributed by atoms with Crippen molar-refractivity contribution >= 4 is 12.0 Å². The van der Waals surface area contributed by atoms with Crippen LogP contribution < -0.4 is 5.32 Å². The van der Waals surface area contributed by atoms with E-state index in [1.807, 2.05) is 13.8 Å². The van der Waals surface area contributed by atoms with E-state index in [9.17, 15) is 9.59 Å². The Morgan fingerprint density at radius 3 is 2.44 bits per heavy atom. The lowest BCUT2D eigenvalue weighted by atomic mass is 9.95. The predicted molar refractivity (Wildman–Crippen MR) is 66.4 cm³/mol. The summed E-state index contributed by atoms with van der Waals surface area (Å²) in [6, 6.07) is -0.401. The van der Waals surface area contributed by atoms with E-state index >= 15 is 0 Å². The standard InChI is InChI=1S/C12H22N2O4/c1-8-12(4,6-7-18-8)13-10(17)14(5)11(2,3)9(15)16/h8H,6-7H2,1-5H3,(H,13,17)(H,15,16). The molecule has 2 N–H and O–H groups in total. The third-order valence-electron chi connectivity index (χ3n) is 3.95. The number of hydrogen-bond acceptors (Lipinski definition) is 3. The van der Waals surface area contributed by atoms with Crippen LogP contribution in [0.4, 0.5) is 4.79 Å². The number of carboxylic acids is 1. The Labute approximate surface area is 107 Å². The van der Waals surface area contributed by atoms with E-state index in [4.69, 9.17) is 9.84 Å². The van der Waals surface area contributed by atoms with E-state index in [0.717, 1.165) is 6.42 Å². The van der Waals surface area contributed by atoms with Crippen molar-refractivity contribution in [1.82, 2.24) is 10.2 Å². The van der Waals surface area contributed by atoms with Gasteiger partial charge < -0.3 is 20.1 Å². The number of ether oxygens (including phenoxy) is 1. The summed E-state index contributed by atoms with van der Waals surface area (Å²) in [6.07, 6.45) is 0.643. The fourth-order valence-corrected chi connectivity index (χ4v) is 1.72. The molecule has 6 heteroatoms. The highest BCUT2D eigenvalue weighted by Gasteiger charge is 2.42. The molecule has 0 aromatic carbocycles. The largest absolute Gasteiger partial charge is 0.480 e. The van der Waals surface area contributed by atoms with Crippen LogP contribution in [-0.2, 0) is 9.53 Å². The van der Waals surface area contributed by atoms with Crippen molar-refractivity contribution in [2.24, 2.45) is 0 Å². The monoisotopic (exact) mass is 258 g/mol. The zero-order chi connectivity index (χ0) is 14.1. The van der Waals surface area contributed by atoms with Crippen LogP contribution in [0.25, 0.3) is 0 Å². The molecule has 0 bridgehead atoms. The summed E-state index contributed by atoms with van der Waals surface area (Å²) >= 11 is 0. The van der Waals surface area contributed by atoms with Gasteiger partial charge in [-0.15, -0.1) is 0 Å². The number of hydrogen-bond donors (Lipinski definition) is 2. The second-order valence-electron chi connectivity index (χ2n) is 5.53. The van der Waals surface area contributed by atoms with Crippen molar-refractivity contribution in [2.45, 2.75) is 51.3 Å². The Balaban J connectivity index is 2.74. The molecule has 1 aliphatic heterocycles. The van der Waals surface area contributed by atoms with Gasteiger partial charge in [0.1, 0.15) is 5.54 Å². The minimum absolute atomic E-state index is 0.0807. The van der Waals surface area contributed by atoms with Gasteiger partial charge in [-0.25, -0.2) is 9.59 Å². The highest BCUT2D eigenvalue weighted by molar-refractivity contribution is 5.85. The summed E-state index contributed by atoms with van der Waals surface area (Å²) in [5.41, 5.74) is -1.69. The first-order valence-electron chi connectivity index (χ1n) is 6.02. The van der Waals surface area contributed by atoms with Crippen LogP contribution >= 0.6 is 0 Å². The Morgan fingerprint density at radius 2 is 2.06 bits per heavy atom. The molecule has 0 radical (unpaired) electrons. The Bertz CT molecular complexity index is 356. The molecule has 0 saturated carbocycles. The van der Waals surface area contributed by atoms with Crippen LogP contribution in [0.3, 0.4) is 0 Å². The molecule has 0 aromatic rings. The first-order chi connectivity index (χ1) is 8.11. The second-order valence-corrected chi connectivity index (χ2v) is 5.53. The third kappa shape index (κ3) is 2.58. The average molecular weight is 258 g/mol. The highest BCUT2D eigenvalue weighted by atomic mass is 16.5. The van der Waals surface area contributed by atoms with Gasteiger partial charge >= 0.3 is 12.0 Å². The molecule has 0 aliphatic carbocycles. The minimum Gasteiger partial charge on any atom is -0.480 e. The summed E-state index contributed by atoms with van der Waals surface area (Å²) in [7, 11) is 1.48. The fraction of sp³-hybridized carbons (Fsp3) is 0.833. The maximum Gasteiger partial charge on any atom is 0.329 e. The highest BCUT2D eigenvalue weighted by Crippen LogP contribution is 2.25. The van der Waals surface area contributed by atoms with Crippen molar-refractivity contribution in [3.63, 3.8) is 0 Å². The van der Waals surface area contributed by atoms with Gasteiger partial charge in [0.2, 0.25) is 0 Å². The number of carboxylic acid groups (broad SMARTS) is 1. The number of rotatable bonds is 3. The zero-order valence-corrected chi connectivity index (χ0v) is 11.6. The van der Waals surface area contributed by atoms with E-state index in [1.54, 1.807) is 0 Å². The quantitative estimate of drug-likeness (QED) is 0.793. The molecule has 0 spiro atoms. The molecule has 18 heavy (non-hydrogen) atoms. The summed E-state index contributed by atoms with van der Waals surface area (Å²) < 4.78 is 5.43. The van der Waals surface area contributed by atoms with Gasteiger partial charge in [-0.3, -0.25) is 0 Å². The van der Waals surface area contributed by atoms with Crippen LogP contribution in [0, 0.1) is 0 Å². The molecule has 1 aliphatic rings. The van der Waals surface area contributed by atoms with Gasteiger partial charge in [-0.05, 0) is 34.1 Å². The van der Waals surface area contributed by atoms with Crippen molar-refractivity contribution < 1.29 is 19.4 Å². The van der Waals surface area contributed by atoms with Crippen molar-refractivity contribution in [1.29, 1.82) is 0 Å². The molecule has 1 heterocycles. The molecule has 1 rings (SSSR count). The normalized spacial score (nSPS) is 27.9. The molecule has 2 amide bonds. The number of urea groups is 1. The second kappa shape index (κ2) is 4.76. The number of nitrogens with zero attached hydrogens (tertiary/aromatic N) is 1. The van der Waals surface area contributed by atoms with Crippen molar-refractivity contribution in [3.8, 4) is 0 Å². The zero-order valence-electron chi connectivity index (χ0n) is 11.6. The maximum atomic E-state index is 12.1. The number of aliphatic carboxylic acids is 1. The van der Waals surface area contributed by atoms with Crippen LogP contribution in [0.2, 0.25) is 0 Å². The smallest absolute Gasteiger partial charge is 0.329 e. The lowest BCUT2D eigenvalue weighted by molar-refractivity contribution is -0.147. The summed E-state index contributed by atoms with van der Waals surface area (Å²) in [5.74, 6) is -1.04. The average Bonchev–Trinajstić information content (AvgIpc) is 2.57. The summed E-state index contributed by atoms with van der Waals surface area (Å²) in [5, 5.41) is 12.0. The van der Waals surface area contributed by atoms with E-state index in [1.165, 1.54) is 25.8 Å². The van der Waals surface area contributed by atoms with Crippen molar-refractivity contribution in [2.75, 3.05) is 13.7 Å². The summed E-state index contributed by atoms with van der Waals surface area (Å²) in [4.78, 5) is 24.4. The summed E-state index contributed by atoms with van der Waals surface area (Å²) in [6.45, 7) is 7.39. The van der Waals surface area contributed by atoms with Crippen LogP contribution in [0.5, 0.6) is 0 Å². The molecule has 2 atom stereocenters. The van der Waals surface area contributed by atoms with Gasteiger partial charge in [-0.2, -0.15) is 0 Å². The Morgan fingerprint density at radius 1 is 1.50 bits per heavy atom. The predicted octanol–water partition coefficient (Wildman–Crippen LogP) is 1.06.